The van der Waals surface area contributed by atoms with Gasteiger partial charge >= 0.3 is 0 Å². The molecule has 0 aliphatic carbocycles. The molecule has 0 saturated carbocycles. The van der Waals surface area contributed by atoms with Crippen molar-refractivity contribution in [3.05, 3.63) is 17.6 Å². The van der Waals surface area contributed by atoms with Crippen LogP contribution < -0.4 is 10.6 Å². The molecule has 2 heterocycles. The zero-order valence-electron chi connectivity index (χ0n) is 11.0. The van der Waals surface area contributed by atoms with Crippen LogP contribution in [0.25, 0.3) is 0 Å². The second-order valence-corrected chi connectivity index (χ2v) is 5.40. The van der Waals surface area contributed by atoms with Crippen LogP contribution in [0.4, 0.5) is 5.82 Å². The average molecular weight is 234 g/mol. The van der Waals surface area contributed by atoms with Crippen LogP contribution >= 0.6 is 0 Å². The molecule has 0 spiro atoms. The monoisotopic (exact) mass is 234 g/mol. The highest BCUT2D eigenvalue weighted by atomic mass is 15.2. The second kappa shape index (κ2) is 4.61. The molecule has 0 unspecified atom stereocenters. The van der Waals surface area contributed by atoms with Gasteiger partial charge in [-0.15, -0.1) is 0 Å². The summed E-state index contributed by atoms with van der Waals surface area (Å²) >= 11 is 0. The summed E-state index contributed by atoms with van der Waals surface area (Å²) in [6.07, 6.45) is 4.16. The lowest BCUT2D eigenvalue weighted by atomic mass is 9.80. The van der Waals surface area contributed by atoms with Gasteiger partial charge in [-0.3, -0.25) is 4.98 Å². The number of piperidine rings is 1. The normalized spacial score (nSPS) is 19.4. The van der Waals surface area contributed by atoms with Crippen LogP contribution in [0.2, 0.25) is 0 Å². The van der Waals surface area contributed by atoms with Gasteiger partial charge in [-0.1, -0.05) is 6.92 Å². The predicted molar refractivity (Wildman–Crippen MR) is 70.1 cm³/mol. The van der Waals surface area contributed by atoms with Gasteiger partial charge in [0.15, 0.2) is 0 Å². The minimum absolute atomic E-state index is 0.309. The van der Waals surface area contributed by atoms with E-state index in [1.807, 2.05) is 20.0 Å². The lowest BCUT2D eigenvalue weighted by molar-refractivity contribution is 0.258. The van der Waals surface area contributed by atoms with E-state index in [4.69, 9.17) is 5.73 Å². The first-order chi connectivity index (χ1) is 8.04. The third-order valence-electron chi connectivity index (χ3n) is 3.97. The quantitative estimate of drug-likeness (QED) is 0.845. The van der Waals surface area contributed by atoms with Gasteiger partial charge in [0.2, 0.25) is 0 Å². The first-order valence-corrected chi connectivity index (χ1v) is 6.29. The Morgan fingerprint density at radius 1 is 1.29 bits per heavy atom. The molecule has 17 heavy (non-hydrogen) atoms. The van der Waals surface area contributed by atoms with Gasteiger partial charge < -0.3 is 10.6 Å². The summed E-state index contributed by atoms with van der Waals surface area (Å²) in [5, 5.41) is 0. The van der Waals surface area contributed by atoms with E-state index in [0.717, 1.165) is 49.7 Å². The Kier molecular flexibility index (Phi) is 3.33. The number of anilines is 1. The van der Waals surface area contributed by atoms with Crippen molar-refractivity contribution in [2.24, 2.45) is 11.1 Å². The van der Waals surface area contributed by atoms with Crippen LogP contribution in [-0.4, -0.2) is 29.6 Å². The first-order valence-electron chi connectivity index (χ1n) is 6.29. The molecular weight excluding hydrogens is 212 g/mol. The van der Waals surface area contributed by atoms with Gasteiger partial charge in [-0.05, 0) is 38.6 Å². The van der Waals surface area contributed by atoms with Crippen molar-refractivity contribution in [2.75, 3.05) is 24.5 Å². The van der Waals surface area contributed by atoms with Crippen LogP contribution in [0.5, 0.6) is 0 Å². The van der Waals surface area contributed by atoms with Crippen molar-refractivity contribution < 1.29 is 0 Å². The van der Waals surface area contributed by atoms with Crippen molar-refractivity contribution in [1.29, 1.82) is 0 Å². The smallest absolute Gasteiger partial charge is 0.147 e. The minimum atomic E-state index is 0.309. The lowest BCUT2D eigenvalue weighted by Gasteiger charge is -2.39. The van der Waals surface area contributed by atoms with E-state index in [2.05, 4.69) is 21.8 Å². The number of hydrogen-bond acceptors (Lipinski definition) is 4. The largest absolute Gasteiger partial charge is 0.355 e. The van der Waals surface area contributed by atoms with E-state index in [1.54, 1.807) is 0 Å². The van der Waals surface area contributed by atoms with Gasteiger partial charge in [-0.25, -0.2) is 4.98 Å². The van der Waals surface area contributed by atoms with E-state index < -0.39 is 0 Å². The molecule has 0 amide bonds. The Balaban J connectivity index is 2.08. The van der Waals surface area contributed by atoms with E-state index in [1.165, 1.54) is 0 Å². The third-order valence-corrected chi connectivity index (χ3v) is 3.97. The maximum absolute atomic E-state index is 5.82. The SMILES string of the molecule is Cc1ncc(N2CCC(C)(CN)CC2)nc1C. The molecule has 1 aromatic heterocycles. The third kappa shape index (κ3) is 2.57. The molecule has 0 atom stereocenters. The van der Waals surface area contributed by atoms with Gasteiger partial charge in [0.1, 0.15) is 5.82 Å². The number of aromatic nitrogens is 2. The van der Waals surface area contributed by atoms with Crippen LogP contribution in [-0.2, 0) is 0 Å². The Hall–Kier alpha value is -1.16. The standard InChI is InChI=1S/C13H22N4/c1-10-11(2)16-12(8-15-10)17-6-4-13(3,9-14)5-7-17/h8H,4-7,9,14H2,1-3H3. The minimum Gasteiger partial charge on any atom is -0.355 e. The number of hydrogen-bond donors (Lipinski definition) is 1. The average Bonchev–Trinajstić information content (AvgIpc) is 2.34. The molecule has 1 aliphatic heterocycles. The van der Waals surface area contributed by atoms with E-state index >= 15 is 0 Å². The zero-order chi connectivity index (χ0) is 12.5. The van der Waals surface area contributed by atoms with E-state index in [-0.39, 0.29) is 0 Å². The molecule has 94 valence electrons. The van der Waals surface area contributed by atoms with Gasteiger partial charge in [0.25, 0.3) is 0 Å². The van der Waals surface area contributed by atoms with Gasteiger partial charge in [0, 0.05) is 13.1 Å². The molecule has 2 N–H and O–H groups in total. The summed E-state index contributed by atoms with van der Waals surface area (Å²) in [6.45, 7) is 9.12. The molecule has 1 saturated heterocycles. The molecule has 0 bridgehead atoms. The molecule has 0 aromatic carbocycles. The number of nitrogens with two attached hydrogens (primary N) is 1. The highest BCUT2D eigenvalue weighted by molar-refractivity contribution is 5.38. The summed E-state index contributed by atoms with van der Waals surface area (Å²) in [6, 6.07) is 0. The second-order valence-electron chi connectivity index (χ2n) is 5.40. The Morgan fingerprint density at radius 2 is 1.94 bits per heavy atom. The first kappa shape index (κ1) is 12.3. The molecule has 2 rings (SSSR count). The molecule has 1 aromatic rings. The fourth-order valence-corrected chi connectivity index (χ4v) is 2.16. The number of nitrogens with zero attached hydrogens (tertiary/aromatic N) is 3. The van der Waals surface area contributed by atoms with Crippen molar-refractivity contribution in [2.45, 2.75) is 33.6 Å². The highest BCUT2D eigenvalue weighted by Crippen LogP contribution is 2.31. The van der Waals surface area contributed by atoms with Crippen LogP contribution in [0.1, 0.15) is 31.2 Å². The maximum Gasteiger partial charge on any atom is 0.147 e. The van der Waals surface area contributed by atoms with Crippen LogP contribution in [0.3, 0.4) is 0 Å². The summed E-state index contributed by atoms with van der Waals surface area (Å²) < 4.78 is 0. The molecule has 4 nitrogen and oxygen atoms in total. The summed E-state index contributed by atoms with van der Waals surface area (Å²) in [4.78, 5) is 11.3. The highest BCUT2D eigenvalue weighted by Gasteiger charge is 2.29. The van der Waals surface area contributed by atoms with Crippen molar-refractivity contribution in [1.82, 2.24) is 9.97 Å². The van der Waals surface area contributed by atoms with Crippen molar-refractivity contribution >= 4 is 5.82 Å². The Morgan fingerprint density at radius 3 is 2.47 bits per heavy atom. The van der Waals surface area contributed by atoms with Gasteiger partial charge in [-0.2, -0.15) is 0 Å². The van der Waals surface area contributed by atoms with Crippen LogP contribution in [0, 0.1) is 19.3 Å². The molecule has 0 radical (unpaired) electrons. The van der Waals surface area contributed by atoms with Gasteiger partial charge in [0.05, 0.1) is 17.6 Å². The lowest BCUT2D eigenvalue weighted by Crippen LogP contribution is -2.42. The van der Waals surface area contributed by atoms with E-state index in [0.29, 0.717) is 5.41 Å². The van der Waals surface area contributed by atoms with Crippen molar-refractivity contribution in [3.63, 3.8) is 0 Å². The molecule has 1 fully saturated rings. The molecular formula is C13H22N4. The van der Waals surface area contributed by atoms with Crippen LogP contribution in [0.15, 0.2) is 6.20 Å². The fourth-order valence-electron chi connectivity index (χ4n) is 2.16. The Labute approximate surface area is 103 Å². The topological polar surface area (TPSA) is 55.0 Å². The molecule has 1 aliphatic rings. The summed E-state index contributed by atoms with van der Waals surface area (Å²) in [5.41, 5.74) is 8.16. The zero-order valence-corrected chi connectivity index (χ0v) is 11.0. The molecule has 4 heteroatoms. The number of rotatable bonds is 2. The Bertz CT molecular complexity index is 394. The fraction of sp³-hybridized carbons (Fsp3) is 0.692. The van der Waals surface area contributed by atoms with E-state index in [9.17, 15) is 0 Å². The van der Waals surface area contributed by atoms with Crippen molar-refractivity contribution in [3.8, 4) is 0 Å². The number of aryl methyl sites for hydroxylation is 2. The predicted octanol–water partition coefficient (Wildman–Crippen LogP) is 1.66. The maximum atomic E-state index is 5.82. The summed E-state index contributed by atoms with van der Waals surface area (Å²) in [5.74, 6) is 1.01. The summed E-state index contributed by atoms with van der Waals surface area (Å²) in [7, 11) is 0.